The molecule has 25 heavy (non-hydrogen) atoms. The number of hydrogen-bond acceptors (Lipinski definition) is 3. The molecular weight excluding hydrogens is 314 g/mol. The first kappa shape index (κ1) is 17.5. The van der Waals surface area contributed by atoms with Gasteiger partial charge in [0.15, 0.2) is 0 Å². The van der Waals surface area contributed by atoms with Crippen LogP contribution in [0.2, 0.25) is 0 Å². The van der Waals surface area contributed by atoms with E-state index in [9.17, 15) is 4.79 Å². The van der Waals surface area contributed by atoms with Gasteiger partial charge in [-0.05, 0) is 52.5 Å². The number of aromatic nitrogens is 2. The summed E-state index contributed by atoms with van der Waals surface area (Å²) in [5, 5.41) is 0. The molecule has 0 radical (unpaired) electrons. The predicted octanol–water partition coefficient (Wildman–Crippen LogP) is 4.85. The largest absolute Gasteiger partial charge is 0.444 e. The van der Waals surface area contributed by atoms with Crippen LogP contribution in [-0.4, -0.2) is 33.1 Å². The molecule has 1 aromatic carbocycles. The molecule has 1 unspecified atom stereocenters. The van der Waals surface area contributed by atoms with Crippen molar-refractivity contribution >= 4 is 6.09 Å². The summed E-state index contributed by atoms with van der Waals surface area (Å²) < 4.78 is 5.58. The summed E-state index contributed by atoms with van der Waals surface area (Å²) in [4.78, 5) is 22.4. The topological polar surface area (TPSA) is 58.2 Å². The summed E-state index contributed by atoms with van der Waals surface area (Å²) in [7, 11) is 0. The zero-order valence-corrected chi connectivity index (χ0v) is 15.5. The lowest BCUT2D eigenvalue weighted by atomic mass is 10.0. The average Bonchev–Trinajstić information content (AvgIpc) is 3.04. The van der Waals surface area contributed by atoms with E-state index in [0.717, 1.165) is 36.3 Å². The Hall–Kier alpha value is -2.30. The number of imidazole rings is 1. The molecule has 1 fully saturated rings. The van der Waals surface area contributed by atoms with Crippen molar-refractivity contribution in [2.24, 2.45) is 0 Å². The van der Waals surface area contributed by atoms with Gasteiger partial charge >= 0.3 is 6.09 Å². The highest BCUT2D eigenvalue weighted by molar-refractivity contribution is 5.69. The number of rotatable bonds is 2. The van der Waals surface area contributed by atoms with Crippen molar-refractivity contribution in [2.75, 3.05) is 6.54 Å². The van der Waals surface area contributed by atoms with Crippen LogP contribution in [0.3, 0.4) is 0 Å². The van der Waals surface area contributed by atoms with Gasteiger partial charge in [-0.2, -0.15) is 0 Å². The summed E-state index contributed by atoms with van der Waals surface area (Å²) in [6, 6.07) is 8.29. The van der Waals surface area contributed by atoms with Gasteiger partial charge in [-0.3, -0.25) is 4.90 Å². The Morgan fingerprint density at radius 2 is 1.96 bits per heavy atom. The summed E-state index contributed by atoms with van der Waals surface area (Å²) in [5.41, 5.74) is 2.82. The average molecular weight is 341 g/mol. The Labute approximate surface area is 149 Å². The van der Waals surface area contributed by atoms with Gasteiger partial charge in [0.05, 0.1) is 17.9 Å². The smallest absolute Gasteiger partial charge is 0.410 e. The van der Waals surface area contributed by atoms with Gasteiger partial charge in [0.1, 0.15) is 11.4 Å². The highest BCUT2D eigenvalue weighted by Crippen LogP contribution is 2.31. The molecule has 3 rings (SSSR count). The fourth-order valence-corrected chi connectivity index (χ4v) is 3.14. The van der Waals surface area contributed by atoms with Crippen molar-refractivity contribution in [1.29, 1.82) is 0 Å². The number of nitrogens with one attached hydrogen (secondary N) is 1. The van der Waals surface area contributed by atoms with E-state index in [-0.39, 0.29) is 12.1 Å². The molecule has 1 atom stereocenters. The van der Waals surface area contributed by atoms with Crippen LogP contribution in [0.4, 0.5) is 4.79 Å². The van der Waals surface area contributed by atoms with Crippen LogP contribution in [0.25, 0.3) is 11.3 Å². The zero-order chi connectivity index (χ0) is 18.0. The molecule has 0 spiro atoms. The minimum atomic E-state index is -0.491. The number of aromatic amines is 1. The van der Waals surface area contributed by atoms with E-state index in [1.807, 2.05) is 31.9 Å². The number of likely N-dealkylation sites (tertiary alicyclic amines) is 1. The number of ether oxygens (including phenoxy) is 1. The second kappa shape index (κ2) is 6.90. The van der Waals surface area contributed by atoms with Crippen LogP contribution in [0.5, 0.6) is 0 Å². The highest BCUT2D eigenvalue weighted by atomic mass is 16.6. The third kappa shape index (κ3) is 4.21. The quantitative estimate of drug-likeness (QED) is 0.849. The van der Waals surface area contributed by atoms with Crippen LogP contribution in [-0.2, 0) is 4.74 Å². The van der Waals surface area contributed by atoms with E-state index in [0.29, 0.717) is 6.54 Å². The maximum atomic E-state index is 12.6. The number of H-pyrrole nitrogens is 1. The Morgan fingerprint density at radius 1 is 1.24 bits per heavy atom. The van der Waals surface area contributed by atoms with Gasteiger partial charge in [0.2, 0.25) is 0 Å². The van der Waals surface area contributed by atoms with Crippen LogP contribution in [0, 0.1) is 6.92 Å². The van der Waals surface area contributed by atoms with Gasteiger partial charge in [-0.25, -0.2) is 9.78 Å². The fraction of sp³-hybridized carbons (Fsp3) is 0.500. The highest BCUT2D eigenvalue weighted by Gasteiger charge is 2.33. The van der Waals surface area contributed by atoms with Crippen LogP contribution in [0.1, 0.15) is 57.5 Å². The van der Waals surface area contributed by atoms with Crippen LogP contribution in [0.15, 0.2) is 30.5 Å². The molecule has 1 aliphatic rings. The summed E-state index contributed by atoms with van der Waals surface area (Å²) in [5.74, 6) is 0.834. The summed E-state index contributed by atoms with van der Waals surface area (Å²) in [6.45, 7) is 8.47. The van der Waals surface area contributed by atoms with E-state index >= 15 is 0 Å². The van der Waals surface area contributed by atoms with Crippen molar-refractivity contribution in [3.8, 4) is 11.3 Å². The monoisotopic (exact) mass is 341 g/mol. The van der Waals surface area contributed by atoms with Crippen molar-refractivity contribution in [3.05, 3.63) is 41.9 Å². The molecule has 134 valence electrons. The Balaban J connectivity index is 1.81. The third-order valence-electron chi connectivity index (χ3n) is 4.40. The minimum absolute atomic E-state index is 0.0530. The van der Waals surface area contributed by atoms with E-state index in [2.05, 4.69) is 41.2 Å². The molecule has 2 aromatic rings. The molecule has 1 N–H and O–H groups in total. The Kier molecular flexibility index (Phi) is 4.84. The molecule has 0 bridgehead atoms. The molecule has 5 heteroatoms. The Bertz CT molecular complexity index is 728. The number of piperidine rings is 1. The fourth-order valence-electron chi connectivity index (χ4n) is 3.14. The first-order valence-electron chi connectivity index (χ1n) is 8.95. The maximum absolute atomic E-state index is 12.6. The van der Waals surface area contributed by atoms with E-state index in [4.69, 9.17) is 4.74 Å². The number of amides is 1. The lowest BCUT2D eigenvalue weighted by molar-refractivity contribution is 0.00854. The molecule has 5 nitrogen and oxygen atoms in total. The normalized spacial score (nSPS) is 18.2. The van der Waals surface area contributed by atoms with E-state index < -0.39 is 5.60 Å². The first-order valence-corrected chi connectivity index (χ1v) is 8.95. The van der Waals surface area contributed by atoms with E-state index in [1.54, 1.807) is 0 Å². The van der Waals surface area contributed by atoms with Gasteiger partial charge < -0.3 is 9.72 Å². The summed E-state index contributed by atoms with van der Waals surface area (Å²) in [6.07, 6.45) is 4.58. The van der Waals surface area contributed by atoms with Gasteiger partial charge in [-0.15, -0.1) is 0 Å². The van der Waals surface area contributed by atoms with Crippen molar-refractivity contribution in [1.82, 2.24) is 14.9 Å². The molecule has 0 saturated carbocycles. The number of aryl methyl sites for hydroxylation is 1. The first-order chi connectivity index (χ1) is 11.8. The van der Waals surface area contributed by atoms with Crippen molar-refractivity contribution in [3.63, 3.8) is 0 Å². The van der Waals surface area contributed by atoms with Crippen LogP contribution >= 0.6 is 0 Å². The lowest BCUT2D eigenvalue weighted by Crippen LogP contribution is -2.42. The SMILES string of the molecule is Cc1ccc(-c2cnc(C3CCCCN3C(=O)OC(C)(C)C)[nH]2)cc1. The molecular formula is C20H27N3O2. The Morgan fingerprint density at radius 3 is 2.64 bits per heavy atom. The maximum Gasteiger partial charge on any atom is 0.410 e. The van der Waals surface area contributed by atoms with Crippen LogP contribution < -0.4 is 0 Å². The molecule has 1 amide bonds. The minimum Gasteiger partial charge on any atom is -0.444 e. The second-order valence-corrected chi connectivity index (χ2v) is 7.73. The number of hydrogen-bond donors (Lipinski definition) is 1. The number of nitrogens with zero attached hydrogens (tertiary/aromatic N) is 2. The molecule has 1 saturated heterocycles. The van der Waals surface area contributed by atoms with Crippen molar-refractivity contribution in [2.45, 2.75) is 58.6 Å². The molecule has 2 heterocycles. The number of carbonyl (C=O) groups excluding carboxylic acids is 1. The number of carbonyl (C=O) groups is 1. The van der Waals surface area contributed by atoms with Gasteiger partial charge in [-0.1, -0.05) is 29.8 Å². The lowest BCUT2D eigenvalue weighted by Gasteiger charge is -2.35. The van der Waals surface area contributed by atoms with E-state index in [1.165, 1.54) is 5.56 Å². The second-order valence-electron chi connectivity index (χ2n) is 7.73. The standard InChI is InChI=1S/C20H27N3O2/c1-14-8-10-15(11-9-14)16-13-21-18(22-16)17-7-5-6-12-23(17)19(24)25-20(2,3)4/h8-11,13,17H,5-7,12H2,1-4H3,(H,21,22). The predicted molar refractivity (Wildman–Crippen MR) is 98.3 cm³/mol. The summed E-state index contributed by atoms with van der Waals surface area (Å²) >= 11 is 0. The zero-order valence-electron chi connectivity index (χ0n) is 15.5. The van der Waals surface area contributed by atoms with Gasteiger partial charge in [0.25, 0.3) is 0 Å². The van der Waals surface area contributed by atoms with Gasteiger partial charge in [0, 0.05) is 6.54 Å². The molecule has 1 aromatic heterocycles. The third-order valence-corrected chi connectivity index (χ3v) is 4.40. The van der Waals surface area contributed by atoms with Crippen molar-refractivity contribution < 1.29 is 9.53 Å². The number of benzene rings is 1. The molecule has 1 aliphatic heterocycles. The molecule has 0 aliphatic carbocycles.